The van der Waals surface area contributed by atoms with Gasteiger partial charge in [-0.15, -0.1) is 11.3 Å². The molecule has 112 valence electrons. The van der Waals surface area contributed by atoms with Crippen LogP contribution in [0.15, 0.2) is 11.6 Å². The average Bonchev–Trinajstić information content (AvgIpc) is 2.86. The summed E-state index contributed by atoms with van der Waals surface area (Å²) in [5, 5.41) is 5.11. The molecule has 20 heavy (non-hydrogen) atoms. The van der Waals surface area contributed by atoms with Gasteiger partial charge in [0.25, 0.3) is 5.92 Å². The maximum atomic E-state index is 13.2. The summed E-state index contributed by atoms with van der Waals surface area (Å²) >= 11 is 1.38. The Morgan fingerprint density at radius 1 is 1.50 bits per heavy atom. The molecule has 2 heterocycles. The number of carbonyl (C=O) groups excluding carboxylic acids is 1. The average molecular weight is 303 g/mol. The van der Waals surface area contributed by atoms with Crippen molar-refractivity contribution in [1.82, 2.24) is 9.88 Å². The molecule has 1 amide bonds. The highest BCUT2D eigenvalue weighted by atomic mass is 32.1. The molecule has 0 bridgehead atoms. The number of nitrogens with zero attached hydrogens (tertiary/aromatic N) is 2. The van der Waals surface area contributed by atoms with Gasteiger partial charge in [0.2, 0.25) is 5.91 Å². The molecule has 1 saturated heterocycles. The van der Waals surface area contributed by atoms with Crippen LogP contribution in [-0.4, -0.2) is 41.3 Å². The highest BCUT2D eigenvalue weighted by Gasteiger charge is 2.34. The van der Waals surface area contributed by atoms with Crippen LogP contribution in [0, 0.1) is 0 Å². The molecule has 0 atom stereocenters. The van der Waals surface area contributed by atoms with Crippen LogP contribution < -0.4 is 5.32 Å². The number of aromatic nitrogens is 1. The van der Waals surface area contributed by atoms with Crippen molar-refractivity contribution in [3.05, 3.63) is 11.6 Å². The zero-order valence-corrected chi connectivity index (χ0v) is 12.1. The fourth-order valence-electron chi connectivity index (χ4n) is 2.33. The first kappa shape index (κ1) is 15.3. The van der Waals surface area contributed by atoms with Crippen molar-refractivity contribution in [2.45, 2.75) is 38.0 Å². The minimum absolute atomic E-state index is 0.000278. The summed E-state index contributed by atoms with van der Waals surface area (Å²) in [6, 6.07) is 0. The smallest absolute Gasteiger partial charge is 0.260 e. The quantitative estimate of drug-likeness (QED) is 0.822. The summed E-state index contributed by atoms with van der Waals surface area (Å²) in [4.78, 5) is 17.3. The summed E-state index contributed by atoms with van der Waals surface area (Å²) in [5.41, 5.74) is 0. The molecular formula is C13H19F2N3OS. The zero-order chi connectivity index (χ0) is 14.4. The van der Waals surface area contributed by atoms with Crippen molar-refractivity contribution in [1.29, 1.82) is 0 Å². The fraction of sp³-hybridized carbons (Fsp3) is 0.692. The first-order chi connectivity index (χ1) is 9.55. The van der Waals surface area contributed by atoms with Gasteiger partial charge in [-0.05, 0) is 32.4 Å². The number of likely N-dealkylation sites (tertiary alicyclic amines) is 1. The number of halogens is 2. The molecule has 0 spiro atoms. The van der Waals surface area contributed by atoms with Crippen molar-refractivity contribution in [3.8, 4) is 0 Å². The lowest BCUT2D eigenvalue weighted by atomic mass is 10.1. The lowest BCUT2D eigenvalue weighted by Crippen LogP contribution is -2.42. The molecule has 1 N–H and O–H groups in total. The number of anilines is 1. The third kappa shape index (κ3) is 5.13. The van der Waals surface area contributed by atoms with Crippen LogP contribution in [0.3, 0.4) is 0 Å². The highest BCUT2D eigenvalue weighted by molar-refractivity contribution is 7.13. The highest BCUT2D eigenvalue weighted by Crippen LogP contribution is 2.26. The largest absolute Gasteiger partial charge is 0.302 e. The van der Waals surface area contributed by atoms with Gasteiger partial charge in [0.05, 0.1) is 6.54 Å². The number of nitrogens with one attached hydrogen (secondary N) is 1. The lowest BCUT2D eigenvalue weighted by molar-refractivity contribution is -0.116. The second-order valence-electron chi connectivity index (χ2n) is 5.08. The third-order valence-corrected chi connectivity index (χ3v) is 3.97. The number of alkyl halides is 2. The van der Waals surface area contributed by atoms with E-state index in [1.165, 1.54) is 11.3 Å². The number of amides is 1. The molecule has 1 aromatic heterocycles. The van der Waals surface area contributed by atoms with E-state index in [-0.39, 0.29) is 18.9 Å². The van der Waals surface area contributed by atoms with Gasteiger partial charge in [0, 0.05) is 24.4 Å². The van der Waals surface area contributed by atoms with E-state index in [1.54, 1.807) is 16.5 Å². The van der Waals surface area contributed by atoms with Crippen LogP contribution in [0.1, 0.15) is 32.1 Å². The van der Waals surface area contributed by atoms with Gasteiger partial charge in [0.1, 0.15) is 0 Å². The molecule has 0 aliphatic carbocycles. The number of hydrogen-bond acceptors (Lipinski definition) is 4. The van der Waals surface area contributed by atoms with Crippen molar-refractivity contribution in [3.63, 3.8) is 0 Å². The summed E-state index contributed by atoms with van der Waals surface area (Å²) in [6.45, 7) is 1.24. The molecular weight excluding hydrogens is 284 g/mol. The molecule has 0 saturated carbocycles. The predicted molar refractivity (Wildman–Crippen MR) is 75.2 cm³/mol. The Morgan fingerprint density at radius 3 is 3.05 bits per heavy atom. The van der Waals surface area contributed by atoms with Crippen molar-refractivity contribution in [2.24, 2.45) is 0 Å². The molecule has 0 aromatic carbocycles. The van der Waals surface area contributed by atoms with E-state index in [9.17, 15) is 13.6 Å². The van der Waals surface area contributed by atoms with Crippen LogP contribution in [0.4, 0.5) is 13.9 Å². The number of piperidine rings is 1. The van der Waals surface area contributed by atoms with Crippen molar-refractivity contribution >= 4 is 22.4 Å². The Bertz CT molecular complexity index is 425. The van der Waals surface area contributed by atoms with E-state index in [0.717, 1.165) is 13.0 Å². The number of rotatable bonds is 6. The molecule has 2 rings (SSSR count). The maximum Gasteiger partial charge on any atom is 0.260 e. The molecule has 1 aromatic rings. The topological polar surface area (TPSA) is 45.2 Å². The fourth-order valence-corrected chi connectivity index (χ4v) is 2.87. The van der Waals surface area contributed by atoms with Crippen LogP contribution in [0.5, 0.6) is 0 Å². The Balaban J connectivity index is 1.58. The molecule has 0 unspecified atom stereocenters. The van der Waals surface area contributed by atoms with Gasteiger partial charge < -0.3 is 5.32 Å². The van der Waals surface area contributed by atoms with E-state index in [2.05, 4.69) is 10.3 Å². The van der Waals surface area contributed by atoms with Gasteiger partial charge in [-0.3, -0.25) is 9.69 Å². The minimum atomic E-state index is -2.54. The van der Waals surface area contributed by atoms with Crippen LogP contribution >= 0.6 is 11.3 Å². The maximum absolute atomic E-state index is 13.2. The van der Waals surface area contributed by atoms with Crippen LogP contribution in [0.2, 0.25) is 0 Å². The van der Waals surface area contributed by atoms with Crippen LogP contribution in [0.25, 0.3) is 0 Å². The van der Waals surface area contributed by atoms with E-state index in [0.29, 0.717) is 30.9 Å². The monoisotopic (exact) mass is 303 g/mol. The third-order valence-electron chi connectivity index (χ3n) is 3.28. The number of unbranched alkanes of at least 4 members (excludes halogenated alkanes) is 1. The molecule has 0 radical (unpaired) electrons. The number of carbonyl (C=O) groups is 1. The summed E-state index contributed by atoms with van der Waals surface area (Å²) in [5.74, 6) is -2.61. The van der Waals surface area contributed by atoms with E-state index in [1.807, 2.05) is 0 Å². The van der Waals surface area contributed by atoms with Gasteiger partial charge >= 0.3 is 0 Å². The second kappa shape index (κ2) is 7.08. The predicted octanol–water partition coefficient (Wildman–Crippen LogP) is 2.98. The Labute approximate surface area is 121 Å². The van der Waals surface area contributed by atoms with Gasteiger partial charge in [0.15, 0.2) is 5.13 Å². The molecule has 1 aliphatic rings. The standard InChI is InChI=1S/C13H19F2N3OS/c14-13(15)5-3-8-18(10-13)7-2-1-4-11(19)17-12-16-6-9-20-12/h6,9H,1-5,7-8,10H2,(H,16,17,19). The van der Waals surface area contributed by atoms with E-state index < -0.39 is 5.92 Å². The van der Waals surface area contributed by atoms with Crippen molar-refractivity contribution < 1.29 is 13.6 Å². The molecule has 1 fully saturated rings. The Morgan fingerprint density at radius 2 is 2.35 bits per heavy atom. The van der Waals surface area contributed by atoms with Gasteiger partial charge in [-0.25, -0.2) is 13.8 Å². The lowest BCUT2D eigenvalue weighted by Gasteiger charge is -2.32. The minimum Gasteiger partial charge on any atom is -0.302 e. The second-order valence-corrected chi connectivity index (χ2v) is 5.97. The summed E-state index contributed by atoms with van der Waals surface area (Å²) in [6.07, 6.45) is 4.07. The van der Waals surface area contributed by atoms with E-state index >= 15 is 0 Å². The number of hydrogen-bond donors (Lipinski definition) is 1. The first-order valence-corrected chi connectivity index (χ1v) is 7.73. The van der Waals surface area contributed by atoms with E-state index in [4.69, 9.17) is 0 Å². The zero-order valence-electron chi connectivity index (χ0n) is 11.3. The summed E-state index contributed by atoms with van der Waals surface area (Å²) in [7, 11) is 0. The SMILES string of the molecule is O=C(CCCCN1CCCC(F)(F)C1)Nc1nccs1. The first-order valence-electron chi connectivity index (χ1n) is 6.85. The molecule has 4 nitrogen and oxygen atoms in total. The number of thiazole rings is 1. The van der Waals surface area contributed by atoms with Gasteiger partial charge in [-0.2, -0.15) is 0 Å². The van der Waals surface area contributed by atoms with Crippen LogP contribution in [-0.2, 0) is 4.79 Å². The molecule has 1 aliphatic heterocycles. The Kier molecular flexibility index (Phi) is 5.42. The van der Waals surface area contributed by atoms with Crippen molar-refractivity contribution in [2.75, 3.05) is 25.0 Å². The normalized spacial score (nSPS) is 18.9. The molecule has 7 heteroatoms. The summed E-state index contributed by atoms with van der Waals surface area (Å²) < 4.78 is 26.4. The Hall–Kier alpha value is -1.08. The van der Waals surface area contributed by atoms with Gasteiger partial charge in [-0.1, -0.05) is 0 Å².